The molecule has 0 unspecified atom stereocenters. The van der Waals surface area contributed by atoms with Crippen molar-refractivity contribution in [3.05, 3.63) is 99.8 Å². The zero-order chi connectivity index (χ0) is 25.2. The molecule has 4 aromatic rings. The summed E-state index contributed by atoms with van der Waals surface area (Å²) >= 11 is 0. The summed E-state index contributed by atoms with van der Waals surface area (Å²) in [5.41, 5.74) is 6.62. The summed E-state index contributed by atoms with van der Waals surface area (Å²) in [5.74, 6) is -0.947. The van der Waals surface area contributed by atoms with E-state index in [4.69, 9.17) is 9.72 Å². The van der Waals surface area contributed by atoms with Gasteiger partial charge in [0.2, 0.25) is 5.78 Å². The maximum absolute atomic E-state index is 13.3. The number of benzene rings is 2. The Morgan fingerprint density at radius 1 is 1.03 bits per heavy atom. The van der Waals surface area contributed by atoms with Crippen molar-refractivity contribution in [2.45, 2.75) is 52.5 Å². The molecular weight excluding hydrogens is 455 g/mol. The maximum atomic E-state index is 13.3. The molecule has 0 aliphatic heterocycles. The van der Waals surface area contributed by atoms with Crippen LogP contribution in [0.5, 0.6) is 0 Å². The van der Waals surface area contributed by atoms with E-state index < -0.39 is 5.97 Å². The van der Waals surface area contributed by atoms with Crippen LogP contribution in [0.4, 0.5) is 4.39 Å². The van der Waals surface area contributed by atoms with Crippen LogP contribution in [0, 0.1) is 19.7 Å². The molecule has 0 radical (unpaired) electrons. The second-order valence-corrected chi connectivity index (χ2v) is 9.45. The molecule has 6 heteroatoms. The third-order valence-corrected chi connectivity index (χ3v) is 7.12. The first-order chi connectivity index (χ1) is 17.4. The van der Waals surface area contributed by atoms with E-state index in [0.717, 1.165) is 71.2 Å². The number of hydrogen-bond donors (Lipinski definition) is 0. The zero-order valence-corrected chi connectivity index (χ0v) is 20.6. The predicted molar refractivity (Wildman–Crippen MR) is 137 cm³/mol. The van der Waals surface area contributed by atoms with Crippen molar-refractivity contribution in [2.75, 3.05) is 6.61 Å². The molecule has 5 rings (SSSR count). The van der Waals surface area contributed by atoms with Gasteiger partial charge in [-0.2, -0.15) is 0 Å². The minimum atomic E-state index is -0.467. The van der Waals surface area contributed by atoms with Crippen molar-refractivity contribution in [1.29, 1.82) is 0 Å². The molecule has 0 saturated carbocycles. The Hall–Kier alpha value is -3.80. The first-order valence-corrected chi connectivity index (χ1v) is 12.4. The number of rotatable bonds is 7. The predicted octanol–water partition coefficient (Wildman–Crippen LogP) is 5.95. The number of nitrogens with zero attached hydrogens (tertiary/aromatic N) is 2. The number of ketones is 1. The smallest absolute Gasteiger partial charge is 0.339 e. The highest BCUT2D eigenvalue weighted by Gasteiger charge is 2.25. The van der Waals surface area contributed by atoms with Crippen molar-refractivity contribution in [1.82, 2.24) is 9.55 Å². The molecule has 0 spiro atoms. The van der Waals surface area contributed by atoms with Crippen LogP contribution in [0.25, 0.3) is 10.9 Å². The number of aryl methyl sites for hydroxylation is 3. The van der Waals surface area contributed by atoms with Crippen LogP contribution in [0.2, 0.25) is 0 Å². The standard InChI is InChI=1S/C30H29FN2O3/c1-19-17-25(20(2)33(19)16-15-21-11-13-22(31)14-12-21)28(34)18-36-30(35)29-23-7-3-5-9-26(23)32-27-10-6-4-8-24(27)29/h3,5,7,9,11-14,17H,4,6,8,10,15-16,18H2,1-2H3. The van der Waals surface area contributed by atoms with E-state index in [9.17, 15) is 14.0 Å². The minimum Gasteiger partial charge on any atom is -0.454 e. The zero-order valence-electron chi connectivity index (χ0n) is 20.6. The summed E-state index contributed by atoms with van der Waals surface area (Å²) < 4.78 is 20.9. The molecule has 0 bridgehead atoms. The number of aromatic nitrogens is 2. The van der Waals surface area contributed by atoms with Gasteiger partial charge in [0, 0.05) is 34.6 Å². The van der Waals surface area contributed by atoms with Crippen molar-refractivity contribution < 1.29 is 18.7 Å². The van der Waals surface area contributed by atoms with Gasteiger partial charge in [0.1, 0.15) is 5.82 Å². The van der Waals surface area contributed by atoms with E-state index in [-0.39, 0.29) is 18.2 Å². The van der Waals surface area contributed by atoms with E-state index in [0.29, 0.717) is 17.7 Å². The third-order valence-electron chi connectivity index (χ3n) is 7.12. The van der Waals surface area contributed by atoms with E-state index in [1.165, 1.54) is 12.1 Å². The first-order valence-electron chi connectivity index (χ1n) is 12.4. The van der Waals surface area contributed by atoms with Crippen LogP contribution in [0.1, 0.15) is 61.8 Å². The van der Waals surface area contributed by atoms with E-state index >= 15 is 0 Å². The lowest BCUT2D eigenvalue weighted by molar-refractivity contribution is 0.0475. The molecule has 36 heavy (non-hydrogen) atoms. The van der Waals surface area contributed by atoms with Crippen LogP contribution >= 0.6 is 0 Å². The number of hydrogen-bond acceptors (Lipinski definition) is 4. The van der Waals surface area contributed by atoms with Gasteiger partial charge in [0.05, 0.1) is 11.1 Å². The number of Topliss-reactive ketones (excluding diaryl/α,β-unsaturated/α-hetero) is 1. The van der Waals surface area contributed by atoms with Gasteiger partial charge in [-0.15, -0.1) is 0 Å². The summed E-state index contributed by atoms with van der Waals surface area (Å²) in [6, 6.07) is 15.9. The molecule has 1 aliphatic carbocycles. The van der Waals surface area contributed by atoms with Gasteiger partial charge in [-0.05, 0) is 81.3 Å². The molecule has 2 aromatic carbocycles. The molecule has 0 atom stereocenters. The number of pyridine rings is 1. The van der Waals surface area contributed by atoms with Gasteiger partial charge < -0.3 is 9.30 Å². The van der Waals surface area contributed by atoms with Crippen molar-refractivity contribution >= 4 is 22.7 Å². The first kappa shape index (κ1) is 23.9. The number of ether oxygens (including phenoxy) is 1. The highest BCUT2D eigenvalue weighted by atomic mass is 19.1. The number of para-hydroxylation sites is 1. The van der Waals surface area contributed by atoms with E-state index in [2.05, 4.69) is 4.57 Å². The van der Waals surface area contributed by atoms with Crippen LogP contribution in [-0.2, 0) is 30.5 Å². The van der Waals surface area contributed by atoms with Gasteiger partial charge in [-0.25, -0.2) is 9.18 Å². The molecule has 1 aliphatic rings. The number of halogens is 1. The lowest BCUT2D eigenvalue weighted by Crippen LogP contribution is -2.19. The Morgan fingerprint density at radius 3 is 2.58 bits per heavy atom. The molecule has 2 aromatic heterocycles. The normalized spacial score (nSPS) is 13.0. The quantitative estimate of drug-likeness (QED) is 0.240. The monoisotopic (exact) mass is 484 g/mol. The van der Waals surface area contributed by atoms with Crippen LogP contribution < -0.4 is 0 Å². The van der Waals surface area contributed by atoms with E-state index in [1.807, 2.05) is 44.2 Å². The van der Waals surface area contributed by atoms with Crippen molar-refractivity contribution in [3.63, 3.8) is 0 Å². The molecule has 0 N–H and O–H groups in total. The highest BCUT2D eigenvalue weighted by molar-refractivity contribution is 6.06. The Morgan fingerprint density at radius 2 is 1.78 bits per heavy atom. The Balaban J connectivity index is 1.32. The van der Waals surface area contributed by atoms with Gasteiger partial charge in [0.25, 0.3) is 0 Å². The van der Waals surface area contributed by atoms with Gasteiger partial charge in [-0.1, -0.05) is 30.3 Å². The average Bonchev–Trinajstić information content (AvgIpc) is 3.18. The van der Waals surface area contributed by atoms with E-state index in [1.54, 1.807) is 12.1 Å². The summed E-state index contributed by atoms with van der Waals surface area (Å²) in [4.78, 5) is 31.1. The molecule has 5 nitrogen and oxygen atoms in total. The Kier molecular flexibility index (Phi) is 6.68. The number of carbonyl (C=O) groups is 2. The fraction of sp³-hybridized carbons (Fsp3) is 0.300. The van der Waals surface area contributed by atoms with Gasteiger partial charge >= 0.3 is 5.97 Å². The lowest BCUT2D eigenvalue weighted by Gasteiger charge is -2.19. The summed E-state index contributed by atoms with van der Waals surface area (Å²) in [7, 11) is 0. The largest absolute Gasteiger partial charge is 0.454 e. The summed E-state index contributed by atoms with van der Waals surface area (Å²) in [6.07, 6.45) is 4.43. The average molecular weight is 485 g/mol. The fourth-order valence-corrected chi connectivity index (χ4v) is 5.21. The lowest BCUT2D eigenvalue weighted by atomic mass is 9.90. The topological polar surface area (TPSA) is 61.2 Å². The van der Waals surface area contributed by atoms with Crippen LogP contribution in [-0.4, -0.2) is 27.9 Å². The number of esters is 1. The second-order valence-electron chi connectivity index (χ2n) is 9.45. The second kappa shape index (κ2) is 10.1. The number of fused-ring (bicyclic) bond motifs is 2. The molecule has 0 amide bonds. The molecule has 2 heterocycles. The van der Waals surface area contributed by atoms with Gasteiger partial charge in [0.15, 0.2) is 6.61 Å². The van der Waals surface area contributed by atoms with Crippen LogP contribution in [0.15, 0.2) is 54.6 Å². The van der Waals surface area contributed by atoms with Crippen LogP contribution in [0.3, 0.4) is 0 Å². The van der Waals surface area contributed by atoms with Crippen molar-refractivity contribution in [3.8, 4) is 0 Å². The summed E-state index contributed by atoms with van der Waals surface area (Å²) in [6.45, 7) is 4.22. The highest BCUT2D eigenvalue weighted by Crippen LogP contribution is 2.30. The molecule has 0 saturated heterocycles. The number of carbonyl (C=O) groups excluding carboxylic acids is 2. The fourth-order valence-electron chi connectivity index (χ4n) is 5.21. The Labute approximate surface area is 209 Å². The molecule has 0 fully saturated rings. The maximum Gasteiger partial charge on any atom is 0.339 e. The van der Waals surface area contributed by atoms with Gasteiger partial charge in [-0.3, -0.25) is 9.78 Å². The molecule has 184 valence electrons. The molecular formula is C30H29FN2O3. The third kappa shape index (κ3) is 4.68. The van der Waals surface area contributed by atoms with Crippen molar-refractivity contribution in [2.24, 2.45) is 0 Å². The Bertz CT molecular complexity index is 1450. The SMILES string of the molecule is Cc1cc(C(=O)COC(=O)c2c3c(nc4ccccc24)CCCC3)c(C)n1CCc1ccc(F)cc1. The summed E-state index contributed by atoms with van der Waals surface area (Å²) in [5, 5.41) is 0.773. The minimum absolute atomic E-state index is 0.225.